The van der Waals surface area contributed by atoms with Crippen molar-refractivity contribution in [3.63, 3.8) is 0 Å². The molecule has 0 amide bonds. The molecule has 0 fully saturated rings. The lowest BCUT2D eigenvalue weighted by Gasteiger charge is -2.09. The molecule has 1 N–H and O–H groups in total. The van der Waals surface area contributed by atoms with Gasteiger partial charge in [0.2, 0.25) is 5.88 Å². The number of hydrogen-bond donors (Lipinski definition) is 1. The van der Waals surface area contributed by atoms with Crippen LogP contribution in [0.15, 0.2) is 42.6 Å². The van der Waals surface area contributed by atoms with Crippen molar-refractivity contribution in [1.29, 1.82) is 0 Å². The lowest BCUT2D eigenvalue weighted by Crippen LogP contribution is -1.99. The Morgan fingerprint density at radius 1 is 0.957 bits per heavy atom. The van der Waals surface area contributed by atoms with Crippen LogP contribution in [0.2, 0.25) is 0 Å². The Hall–Kier alpha value is -1.87. The zero-order chi connectivity index (χ0) is 16.5. The van der Waals surface area contributed by atoms with Crippen molar-refractivity contribution in [2.45, 2.75) is 52.1 Å². The number of hydrogen-bond acceptors (Lipinski definition) is 3. The first-order valence-corrected chi connectivity index (χ1v) is 8.61. The van der Waals surface area contributed by atoms with E-state index in [1.54, 1.807) is 0 Å². The quantitative estimate of drug-likeness (QED) is 0.651. The molecule has 1 aromatic carbocycles. The molecule has 1 heterocycles. The van der Waals surface area contributed by atoms with Gasteiger partial charge in [0.15, 0.2) is 0 Å². The Morgan fingerprint density at radius 3 is 2.30 bits per heavy atom. The van der Waals surface area contributed by atoms with Crippen molar-refractivity contribution in [3.8, 4) is 17.0 Å². The summed E-state index contributed by atoms with van der Waals surface area (Å²) in [5.74, 6) is 0.684. The molecule has 0 saturated carbocycles. The lowest BCUT2D eigenvalue weighted by molar-refractivity contribution is 0.173. The zero-order valence-corrected chi connectivity index (χ0v) is 14.2. The molecular formula is C20H27NO2. The number of rotatable bonds is 9. The highest BCUT2D eigenvalue weighted by atomic mass is 16.5. The van der Waals surface area contributed by atoms with Crippen LogP contribution < -0.4 is 4.74 Å². The summed E-state index contributed by atoms with van der Waals surface area (Å²) in [6, 6.07) is 11.9. The van der Waals surface area contributed by atoms with Gasteiger partial charge in [0.25, 0.3) is 0 Å². The predicted molar refractivity (Wildman–Crippen MR) is 94.6 cm³/mol. The second-order valence-electron chi connectivity index (χ2n) is 5.84. The van der Waals surface area contributed by atoms with Gasteiger partial charge >= 0.3 is 0 Å². The third kappa shape index (κ3) is 5.36. The predicted octanol–water partition coefficient (Wildman–Crippen LogP) is 5.15. The van der Waals surface area contributed by atoms with Gasteiger partial charge in [-0.25, -0.2) is 4.98 Å². The third-order valence-electron chi connectivity index (χ3n) is 4.00. The number of benzene rings is 1. The molecule has 0 bridgehead atoms. The molecule has 1 atom stereocenters. The highest BCUT2D eigenvalue weighted by Crippen LogP contribution is 2.23. The van der Waals surface area contributed by atoms with E-state index >= 15 is 0 Å². The molecule has 23 heavy (non-hydrogen) atoms. The largest absolute Gasteiger partial charge is 0.478 e. The van der Waals surface area contributed by atoms with Gasteiger partial charge in [-0.05, 0) is 30.0 Å². The van der Waals surface area contributed by atoms with Crippen molar-refractivity contribution < 1.29 is 9.84 Å². The average molecular weight is 313 g/mol. The van der Waals surface area contributed by atoms with Crippen LogP contribution in [0.3, 0.4) is 0 Å². The minimum absolute atomic E-state index is 0.384. The van der Waals surface area contributed by atoms with Crippen molar-refractivity contribution in [2.75, 3.05) is 6.61 Å². The molecule has 0 aliphatic carbocycles. The highest BCUT2D eigenvalue weighted by Gasteiger charge is 2.05. The first-order valence-electron chi connectivity index (χ1n) is 8.61. The molecule has 1 unspecified atom stereocenters. The standard InChI is InChI=1S/C20H27NO2/c1-3-5-6-7-14-23-20-13-12-18(15-21-20)16-8-10-17(11-9-16)19(22)4-2/h8-13,15,19,22H,3-7,14H2,1-2H3. The maximum Gasteiger partial charge on any atom is 0.213 e. The number of unbranched alkanes of at least 4 members (excludes halogenated alkanes) is 3. The van der Waals surface area contributed by atoms with Crippen LogP contribution in [0.4, 0.5) is 0 Å². The van der Waals surface area contributed by atoms with Crippen LogP contribution in [-0.4, -0.2) is 16.7 Å². The van der Waals surface area contributed by atoms with Gasteiger partial charge in [-0.2, -0.15) is 0 Å². The molecule has 2 aromatic rings. The molecule has 3 nitrogen and oxygen atoms in total. The van der Waals surface area contributed by atoms with Crippen LogP contribution in [-0.2, 0) is 0 Å². The molecule has 0 spiro atoms. The van der Waals surface area contributed by atoms with Crippen molar-refractivity contribution in [2.24, 2.45) is 0 Å². The van der Waals surface area contributed by atoms with Gasteiger partial charge in [0, 0.05) is 17.8 Å². The maximum absolute atomic E-state index is 9.83. The number of pyridine rings is 1. The van der Waals surface area contributed by atoms with E-state index in [2.05, 4.69) is 11.9 Å². The van der Waals surface area contributed by atoms with Crippen molar-refractivity contribution in [1.82, 2.24) is 4.98 Å². The van der Waals surface area contributed by atoms with Crippen molar-refractivity contribution in [3.05, 3.63) is 48.2 Å². The van der Waals surface area contributed by atoms with Crippen molar-refractivity contribution >= 4 is 0 Å². The van der Waals surface area contributed by atoms with E-state index in [1.807, 2.05) is 49.5 Å². The van der Waals surface area contributed by atoms with Gasteiger partial charge in [-0.15, -0.1) is 0 Å². The van der Waals surface area contributed by atoms with Crippen LogP contribution in [0.25, 0.3) is 11.1 Å². The molecule has 124 valence electrons. The van der Waals surface area contributed by atoms with E-state index in [0.717, 1.165) is 36.1 Å². The second kappa shape index (κ2) is 9.31. The number of aliphatic hydroxyl groups is 1. The topological polar surface area (TPSA) is 42.4 Å². The Kier molecular flexibility index (Phi) is 7.08. The Labute approximate surface area is 139 Å². The molecule has 3 heteroatoms. The summed E-state index contributed by atoms with van der Waals surface area (Å²) < 4.78 is 5.66. The summed E-state index contributed by atoms with van der Waals surface area (Å²) in [6.45, 7) is 4.91. The summed E-state index contributed by atoms with van der Waals surface area (Å²) in [6.07, 6.45) is 6.98. The second-order valence-corrected chi connectivity index (χ2v) is 5.84. The fraction of sp³-hybridized carbons (Fsp3) is 0.450. The van der Waals surface area contributed by atoms with Crippen LogP contribution in [0, 0.1) is 0 Å². The monoisotopic (exact) mass is 313 g/mol. The van der Waals surface area contributed by atoms with Crippen LogP contribution >= 0.6 is 0 Å². The molecule has 1 aromatic heterocycles. The SMILES string of the molecule is CCCCCCOc1ccc(-c2ccc(C(O)CC)cc2)cn1. The molecular weight excluding hydrogens is 286 g/mol. The van der Waals surface area contributed by atoms with E-state index in [4.69, 9.17) is 4.74 Å². The minimum atomic E-state index is -0.384. The maximum atomic E-state index is 9.83. The Morgan fingerprint density at radius 2 is 1.70 bits per heavy atom. The third-order valence-corrected chi connectivity index (χ3v) is 4.00. The molecule has 0 aliphatic rings. The highest BCUT2D eigenvalue weighted by molar-refractivity contribution is 5.63. The zero-order valence-electron chi connectivity index (χ0n) is 14.2. The number of nitrogens with zero attached hydrogens (tertiary/aromatic N) is 1. The first-order chi connectivity index (χ1) is 11.2. The smallest absolute Gasteiger partial charge is 0.213 e. The van der Waals surface area contributed by atoms with Gasteiger partial charge in [0.1, 0.15) is 0 Å². The van der Waals surface area contributed by atoms with E-state index < -0.39 is 0 Å². The lowest BCUT2D eigenvalue weighted by atomic mass is 10.0. The van der Waals surface area contributed by atoms with E-state index in [1.165, 1.54) is 19.3 Å². The summed E-state index contributed by atoms with van der Waals surface area (Å²) >= 11 is 0. The molecule has 0 saturated heterocycles. The Bertz CT molecular complexity index is 563. The summed E-state index contributed by atoms with van der Waals surface area (Å²) in [5, 5.41) is 9.83. The average Bonchev–Trinajstić information content (AvgIpc) is 2.61. The molecule has 0 radical (unpaired) electrons. The summed E-state index contributed by atoms with van der Waals surface area (Å²) in [7, 11) is 0. The minimum Gasteiger partial charge on any atom is -0.478 e. The fourth-order valence-corrected chi connectivity index (χ4v) is 2.48. The van der Waals surface area contributed by atoms with Gasteiger partial charge in [-0.3, -0.25) is 0 Å². The fourth-order valence-electron chi connectivity index (χ4n) is 2.48. The summed E-state index contributed by atoms with van der Waals surface area (Å²) in [4.78, 5) is 4.37. The number of aromatic nitrogens is 1. The first kappa shape index (κ1) is 17.5. The van der Waals surface area contributed by atoms with Gasteiger partial charge in [0.05, 0.1) is 12.7 Å². The van der Waals surface area contributed by atoms with Crippen LogP contribution in [0.5, 0.6) is 5.88 Å². The number of aliphatic hydroxyl groups excluding tert-OH is 1. The van der Waals surface area contributed by atoms with Gasteiger partial charge in [-0.1, -0.05) is 57.4 Å². The van der Waals surface area contributed by atoms with Crippen LogP contribution in [0.1, 0.15) is 57.6 Å². The van der Waals surface area contributed by atoms with E-state index in [-0.39, 0.29) is 6.10 Å². The van der Waals surface area contributed by atoms with E-state index in [0.29, 0.717) is 5.88 Å². The molecule has 2 rings (SSSR count). The summed E-state index contributed by atoms with van der Waals surface area (Å²) in [5.41, 5.74) is 3.11. The van der Waals surface area contributed by atoms with Gasteiger partial charge < -0.3 is 9.84 Å². The Balaban J connectivity index is 1.91. The normalized spacial score (nSPS) is 12.1. The number of ether oxygens (including phenoxy) is 1. The van der Waals surface area contributed by atoms with E-state index in [9.17, 15) is 5.11 Å². The molecule has 0 aliphatic heterocycles.